The van der Waals surface area contributed by atoms with Gasteiger partial charge in [-0.3, -0.25) is 4.98 Å². The number of hydrogen-bond acceptors (Lipinski definition) is 4. The molecule has 6 heteroatoms. The maximum Gasteiger partial charge on any atom is 0.407 e. The van der Waals surface area contributed by atoms with E-state index in [-0.39, 0.29) is 13.1 Å². The summed E-state index contributed by atoms with van der Waals surface area (Å²) in [5.41, 5.74) is 4.79. The number of nitrogens with zero attached hydrogens (tertiary/aromatic N) is 2. The lowest BCUT2D eigenvalue weighted by Gasteiger charge is -2.51. The number of carbonyl (C=O) groups is 1. The average Bonchev–Trinajstić information content (AvgIpc) is 1.39. The van der Waals surface area contributed by atoms with Gasteiger partial charge in [0.1, 0.15) is 11.6 Å². The van der Waals surface area contributed by atoms with Crippen LogP contribution in [0.3, 0.4) is 0 Å². The molecule has 1 aromatic heterocycles. The number of pyridine rings is 1. The molecule has 0 bridgehead atoms. The molecular weight excluding hydrogens is 979 g/mol. The van der Waals surface area contributed by atoms with E-state index in [1.54, 1.807) is 183 Å². The molecule has 6 nitrogen and oxygen atoms in total. The van der Waals surface area contributed by atoms with Crippen LogP contribution in [0, 0.1) is 5.21 Å². The van der Waals surface area contributed by atoms with Crippen LogP contribution < -0.4 is 5.32 Å². The van der Waals surface area contributed by atoms with E-state index in [2.05, 4.69) is 23.6 Å². The van der Waals surface area contributed by atoms with Gasteiger partial charge in [0.2, 0.25) is 0 Å². The number of quaternary nitrogens is 1. The number of alkyl carbamates (subject to hydrolysis) is 1. The molecule has 1 aliphatic heterocycles. The van der Waals surface area contributed by atoms with E-state index < -0.39 is 33.2 Å². The second kappa shape index (κ2) is 7.65. The Morgan fingerprint density at radius 2 is 0.725 bits per heavy atom. The Bertz CT molecular complexity index is 7580. The fourth-order valence-corrected chi connectivity index (χ4v) is 27.0. The van der Waals surface area contributed by atoms with E-state index in [0.717, 1.165) is 5.56 Å². The summed E-state index contributed by atoms with van der Waals surface area (Å²) >= 11 is 0. The number of rotatable bonds is 4. The quantitative estimate of drug-likeness (QED) is 0.108. The minimum absolute atomic E-state index is 0.209. The predicted octanol–water partition coefficient (Wildman–Crippen LogP) is 18.3. The topological polar surface area (TPSA) is 74.3 Å². The summed E-state index contributed by atoms with van der Waals surface area (Å²) in [5.74, 6) is 0. The van der Waals surface area contributed by atoms with Crippen molar-refractivity contribution >= 4 is 297 Å². The second-order valence-electron chi connectivity index (χ2n) is 29.4. The van der Waals surface area contributed by atoms with Gasteiger partial charge in [-0.2, -0.15) is 0 Å². The highest BCUT2D eigenvalue weighted by Crippen LogP contribution is 2.87. The fourth-order valence-electron chi connectivity index (χ4n) is 27.0. The molecule has 29 aromatic rings. The number of likely N-dealkylation sites (tertiary alicyclic amines) is 1. The van der Waals surface area contributed by atoms with Crippen LogP contribution >= 0.6 is 0 Å². The molecule has 80 heavy (non-hydrogen) atoms. The van der Waals surface area contributed by atoms with Crippen LogP contribution in [0.5, 0.6) is 0 Å². The van der Waals surface area contributed by atoms with Crippen LogP contribution in [0.1, 0.15) is 54.6 Å². The fraction of sp³-hybridized carbons (Fsp3) is 0.135. The van der Waals surface area contributed by atoms with Gasteiger partial charge in [0.15, 0.2) is 0 Å². The maximum absolute atomic E-state index is 18.3. The highest BCUT2D eigenvalue weighted by atomic mass is 16.6. The average molecular weight is 1000 g/mol. The summed E-state index contributed by atoms with van der Waals surface area (Å²) in [5, 5.41) is 105. The first-order chi connectivity index (χ1) is 39.3. The Morgan fingerprint density at radius 1 is 0.463 bits per heavy atom. The van der Waals surface area contributed by atoms with Gasteiger partial charge >= 0.3 is 6.09 Å². The largest absolute Gasteiger partial charge is 0.632 e. The van der Waals surface area contributed by atoms with Gasteiger partial charge in [-0.15, -0.1) is 0 Å². The molecule has 0 radical (unpaired) electrons. The number of aromatic nitrogens is 1. The summed E-state index contributed by atoms with van der Waals surface area (Å²) in [4.78, 5) is 18.9. The number of nitrogens with one attached hydrogen (secondary N) is 1. The number of ether oxygens (including phenoxy) is 1. The van der Waals surface area contributed by atoms with Gasteiger partial charge < -0.3 is 19.9 Å². The molecule has 1 N–H and O–H groups in total. The van der Waals surface area contributed by atoms with Crippen LogP contribution in [0.2, 0.25) is 0 Å². The zero-order chi connectivity index (χ0) is 49.3. The number of benzene rings is 18. The van der Waals surface area contributed by atoms with E-state index in [9.17, 15) is 4.79 Å². The molecular formula is C74H21N3O3. The molecule has 1 fully saturated rings. The molecule has 2 heterocycles. The van der Waals surface area contributed by atoms with Crippen LogP contribution in [0.4, 0.5) is 4.79 Å². The minimum atomic E-state index is -0.797. The zero-order valence-electron chi connectivity index (χ0n) is 42.1. The van der Waals surface area contributed by atoms with Gasteiger partial charge in [0.25, 0.3) is 0 Å². The Morgan fingerprint density at radius 3 is 0.975 bits per heavy atom. The monoisotopic (exact) mass is 999 g/mol. The lowest BCUT2D eigenvalue weighted by atomic mass is 9.47. The van der Waals surface area contributed by atoms with Crippen molar-refractivity contribution in [1.82, 2.24) is 10.3 Å². The SMILES string of the molecule is CC(C)(C)OC(=O)NCC[N+]1([O-])CC23c4c5c6c7c8c9c(c%10c%11c2c2c4c4c%12c5c5c6c6c8c8c%13c9c9c%10c%10c%11c%11c2c2c4c4c%12c%12c5c5c6c8c6c8c%13c9c9c%10c%10c%11c2c2c4c4c%12c5c6c5c8c9c%10c2c45)C73C1c1cccnc1. The van der Waals surface area contributed by atoms with Gasteiger partial charge in [-0.1, -0.05) is 0 Å². The smallest absolute Gasteiger partial charge is 0.407 e. The number of hydrogen-bond donors (Lipinski definition) is 1. The lowest BCUT2D eigenvalue weighted by Crippen LogP contribution is -2.52. The van der Waals surface area contributed by atoms with Crippen LogP contribution in [0.15, 0.2) is 24.5 Å². The van der Waals surface area contributed by atoms with Gasteiger partial charge in [-0.05, 0) is 346 Å². The third kappa shape index (κ3) is 1.92. The van der Waals surface area contributed by atoms with Crippen molar-refractivity contribution in [3.8, 4) is 0 Å². The van der Waals surface area contributed by atoms with Crippen LogP contribution in [-0.4, -0.2) is 41.0 Å². The summed E-state index contributed by atoms with van der Waals surface area (Å²) in [6.45, 7) is 6.56. The first-order valence-corrected chi connectivity index (χ1v) is 29.5. The van der Waals surface area contributed by atoms with Gasteiger partial charge in [0.05, 0.1) is 30.5 Å². The molecule has 0 saturated carbocycles. The Hall–Kier alpha value is -9.20. The summed E-state index contributed by atoms with van der Waals surface area (Å²) < 4.78 is 5.46. The van der Waals surface area contributed by atoms with E-state index in [1.165, 1.54) is 130 Å². The molecule has 2 unspecified atom stereocenters. The van der Waals surface area contributed by atoms with Crippen molar-refractivity contribution in [2.24, 2.45) is 0 Å². The van der Waals surface area contributed by atoms with Crippen LogP contribution in [0.25, 0.3) is 291 Å². The van der Waals surface area contributed by atoms with E-state index >= 15 is 5.21 Å². The standard InChI is InChI=1S/C74H21N3O3/c1-72(2,3)80-71(78)76-7-8-77(79)10-73-66-58-50-40-30-22-14-12-13-16-20-18(14)26-34-28(20)38-32-24(16)25-17(13)21-19-15(12)23(22)31-37-27(19)35-29(21)39-33(25)43-42(32)54-48(38)56-46(34)52(44(50)36(26)30)60(66)62(56)68-64(54)65-55(43)49(39)57-47(35)53-45(37)51(41(31)40)59(58)67(73)61(53)63(57)69(65)74(68,73)70(77)11-5-4-6-75-9-11/h4-6,9,70H,7-8,10H2,1-3H3,(H,76,78). The third-order valence-corrected chi connectivity index (χ3v) is 27.1. The molecule has 2 spiro atoms. The first kappa shape index (κ1) is 32.6. The van der Waals surface area contributed by atoms with Crippen molar-refractivity contribution in [2.75, 3.05) is 19.6 Å². The van der Waals surface area contributed by atoms with Crippen molar-refractivity contribution in [3.05, 3.63) is 57.6 Å². The van der Waals surface area contributed by atoms with E-state index in [0.29, 0.717) is 6.54 Å². The van der Waals surface area contributed by atoms with E-state index in [4.69, 9.17) is 9.72 Å². The van der Waals surface area contributed by atoms with E-state index in [1.807, 2.05) is 27.0 Å². The molecule has 2 atom stereocenters. The Balaban J connectivity index is 1.01. The lowest BCUT2D eigenvalue weighted by molar-refractivity contribution is -0.900. The molecule has 28 aromatic carbocycles. The summed E-state index contributed by atoms with van der Waals surface area (Å²) in [7, 11) is 0. The molecule has 34 rings (SSSR count). The summed E-state index contributed by atoms with van der Waals surface area (Å²) in [6, 6.07) is 3.81. The van der Waals surface area contributed by atoms with Gasteiger partial charge in [-0.25, -0.2) is 4.79 Å². The molecule has 350 valence electrons. The first-order valence-electron chi connectivity index (χ1n) is 29.5. The second-order valence-corrected chi connectivity index (χ2v) is 29.4. The normalized spacial score (nSPS) is 24.1. The van der Waals surface area contributed by atoms with Crippen molar-refractivity contribution in [2.45, 2.75) is 43.2 Å². The van der Waals surface area contributed by atoms with Crippen LogP contribution in [-0.2, 0) is 15.6 Å². The Kier molecular flexibility index (Phi) is 3.12. The van der Waals surface area contributed by atoms with Crippen molar-refractivity contribution in [3.63, 3.8) is 0 Å². The van der Waals surface area contributed by atoms with Gasteiger partial charge in [0, 0.05) is 18.0 Å². The highest BCUT2D eigenvalue weighted by molar-refractivity contribution is 6.82. The Labute approximate surface area is 439 Å². The molecule has 4 aliphatic carbocycles. The molecule has 5 aliphatic rings. The predicted molar refractivity (Wildman–Crippen MR) is 328 cm³/mol. The third-order valence-electron chi connectivity index (χ3n) is 27.1. The highest BCUT2D eigenvalue weighted by Gasteiger charge is 2.80. The van der Waals surface area contributed by atoms with Crippen molar-refractivity contribution in [1.29, 1.82) is 0 Å². The summed E-state index contributed by atoms with van der Waals surface area (Å²) in [6.07, 6.45) is 3.53. The molecule has 1 saturated heterocycles. The molecule has 1 amide bonds. The number of amides is 1. The zero-order valence-corrected chi connectivity index (χ0v) is 42.1. The maximum atomic E-state index is 18.3. The minimum Gasteiger partial charge on any atom is -0.632 e. The number of hydroxylamine groups is 3. The number of carbonyl (C=O) groups excluding carboxylic acids is 1. The van der Waals surface area contributed by atoms with Crippen molar-refractivity contribution < 1.29 is 14.2 Å².